The fourth-order valence-corrected chi connectivity index (χ4v) is 16.3. The average molecular weight is 1740 g/mol. The number of Topliss-reactive ketones (excluding diaryl/α,β-unsaturated/α-hetero) is 1. The van der Waals surface area contributed by atoms with Crippen LogP contribution in [-0.2, 0) is 6.42 Å². The van der Waals surface area contributed by atoms with Crippen molar-refractivity contribution in [2.75, 3.05) is 11.5 Å². The number of aromatic nitrogens is 9. The van der Waals surface area contributed by atoms with Gasteiger partial charge in [0.05, 0.1) is 0 Å². The molecule has 0 aliphatic carbocycles. The van der Waals surface area contributed by atoms with Gasteiger partial charge in [0.25, 0.3) is 0 Å². The molecule has 0 atom stereocenters. The van der Waals surface area contributed by atoms with Crippen LogP contribution >= 0.6 is 15.9 Å². The van der Waals surface area contributed by atoms with Gasteiger partial charge in [0.1, 0.15) is 0 Å². The van der Waals surface area contributed by atoms with Crippen LogP contribution in [0.4, 0.5) is 11.4 Å². The van der Waals surface area contributed by atoms with Crippen LogP contribution in [0.15, 0.2) is 466 Å². The number of ketones is 1. The van der Waals surface area contributed by atoms with Crippen LogP contribution in [0.3, 0.4) is 0 Å². The summed E-state index contributed by atoms with van der Waals surface area (Å²) in [5.74, 6) is 5.81. The molecule has 3 aromatic heterocycles. The number of nitrogens with two attached hydrogens (primary N) is 2. The minimum Gasteiger partial charge on any atom is -0.398 e. The van der Waals surface area contributed by atoms with E-state index in [0.717, 1.165) is 154 Å². The van der Waals surface area contributed by atoms with E-state index in [9.17, 15) is 4.79 Å². The molecule has 0 unspecified atom stereocenters. The monoisotopic (exact) mass is 1740 g/mol. The maximum absolute atomic E-state index is 14.3. The molecule has 13 heteroatoms. The predicted octanol–water partition coefficient (Wildman–Crippen LogP) is 28.8. The second-order valence-corrected chi connectivity index (χ2v) is 32.1. The van der Waals surface area contributed by atoms with Gasteiger partial charge < -0.3 is 11.5 Å². The number of carbonyl (C=O) groups excluding carboxylic acids is 1. The van der Waals surface area contributed by atoms with Gasteiger partial charge in [0.15, 0.2) is 58.2 Å². The van der Waals surface area contributed by atoms with Crippen LogP contribution in [0.5, 0.6) is 0 Å². The van der Waals surface area contributed by atoms with Gasteiger partial charge >= 0.3 is 0 Å². The summed E-state index contributed by atoms with van der Waals surface area (Å²) in [5, 5.41) is 2.03. The molecule has 12 nitrogen and oxygen atoms in total. The third-order valence-corrected chi connectivity index (χ3v) is 23.4. The molecule has 618 valence electrons. The normalized spacial score (nSPS) is 10.9. The summed E-state index contributed by atoms with van der Waals surface area (Å²) in [4.78, 5) is 57.7. The van der Waals surface area contributed by atoms with Crippen molar-refractivity contribution in [3.63, 3.8) is 0 Å². The number of nitrogens with zero attached hydrogens (tertiary/aromatic N) is 9. The molecule has 0 saturated heterocycles. The number of nitrogen functional groups attached to an aromatic ring is 2. The molecule has 0 spiro atoms. The molecule has 0 aliphatic heterocycles. The summed E-state index contributed by atoms with van der Waals surface area (Å²) >= 11 is 3.45. The Morgan fingerprint density at radius 2 is 0.446 bits per heavy atom. The fraction of sp³-hybridized carbons (Fsp3) is 0.00855. The van der Waals surface area contributed by atoms with Crippen LogP contribution in [0.2, 0.25) is 0 Å². The maximum Gasteiger partial charge on any atom is 0.167 e. The summed E-state index contributed by atoms with van der Waals surface area (Å²) in [6, 6.07) is 155. The molecule has 21 rings (SSSR count). The van der Waals surface area contributed by atoms with Gasteiger partial charge in [-0.15, -0.1) is 0 Å². The lowest BCUT2D eigenvalue weighted by Gasteiger charge is -2.16. The number of carbonyl (C=O) groups is 1. The standard InChI is InChI=1S/C51H35N3O.C39H28N4.C27H19BrN4/c55-48(47-26-14-22-37-17-10-11-24-44(37)47)34-42-33-41(31-32-45(42)46-25-13-12-23-43(46)36-15-4-1-5-16-36)35-27-29-40(30-28-35)51-53-49(38-18-6-2-7-19-38)52-50(54-51)39-20-8-3-9-21-39;40-36-26-32(24-25-35(36)34-19-11-10-18-33(34)28-12-4-1-5-13-28)27-20-22-31(23-21-27)39-42-37(29-14-6-2-7-15-29)41-38(43-39)30-16-8-3-9-17-30;28-23-16-15-22(17-24(23)29)18-11-13-21(14-12-18)27-31-25(19-7-3-1-4-8-19)30-26(32-27)20-9-5-2-6-10-20/h1-33H,34H2;1-26H,40H2;1-17H,29H2. The smallest absolute Gasteiger partial charge is 0.167 e. The van der Waals surface area contributed by atoms with Crippen LogP contribution < -0.4 is 11.5 Å². The molecule has 0 saturated carbocycles. The van der Waals surface area contributed by atoms with Crippen molar-refractivity contribution < 1.29 is 4.79 Å². The van der Waals surface area contributed by atoms with Gasteiger partial charge in [-0.05, 0) is 123 Å². The van der Waals surface area contributed by atoms with Crippen LogP contribution in [0.25, 0.3) is 191 Å². The van der Waals surface area contributed by atoms with E-state index in [1.165, 1.54) is 5.56 Å². The van der Waals surface area contributed by atoms with Gasteiger partial charge in [0.2, 0.25) is 0 Å². The van der Waals surface area contributed by atoms with Crippen molar-refractivity contribution in [3.05, 3.63) is 477 Å². The van der Waals surface area contributed by atoms with Crippen LogP contribution in [0, 0.1) is 0 Å². The maximum atomic E-state index is 14.3. The second-order valence-electron chi connectivity index (χ2n) is 31.2. The van der Waals surface area contributed by atoms with Gasteiger partial charge in [0, 0.05) is 83.5 Å². The first-order chi connectivity index (χ1) is 64.1. The van der Waals surface area contributed by atoms with Crippen LogP contribution in [-0.4, -0.2) is 50.6 Å². The van der Waals surface area contributed by atoms with Gasteiger partial charge in [-0.2, -0.15) is 0 Å². The van der Waals surface area contributed by atoms with Crippen molar-refractivity contribution in [2.24, 2.45) is 0 Å². The molecular formula is C117H82BrN11O. The van der Waals surface area contributed by atoms with E-state index in [4.69, 9.17) is 56.3 Å². The first kappa shape index (κ1) is 82.6. The van der Waals surface area contributed by atoms with Gasteiger partial charge in [-0.1, -0.05) is 443 Å². The number of benzene rings is 18. The first-order valence-electron chi connectivity index (χ1n) is 42.9. The quantitative estimate of drug-likeness (QED) is 0.0577. The Kier molecular flexibility index (Phi) is 24.5. The Morgan fingerprint density at radius 1 is 0.200 bits per heavy atom. The zero-order chi connectivity index (χ0) is 87.9. The molecule has 0 bridgehead atoms. The predicted molar refractivity (Wildman–Crippen MR) is 535 cm³/mol. The average Bonchev–Trinajstić information content (AvgIpc) is 0.805. The van der Waals surface area contributed by atoms with E-state index < -0.39 is 0 Å². The van der Waals surface area contributed by atoms with E-state index in [1.807, 2.05) is 255 Å². The molecule has 4 N–H and O–H groups in total. The Balaban J connectivity index is 0.000000131. The molecular weight excluding hydrogens is 1660 g/mol. The number of rotatable bonds is 19. The molecule has 130 heavy (non-hydrogen) atoms. The van der Waals surface area contributed by atoms with E-state index in [0.29, 0.717) is 58.1 Å². The van der Waals surface area contributed by atoms with Crippen LogP contribution in [0.1, 0.15) is 15.9 Å². The highest BCUT2D eigenvalue weighted by Crippen LogP contribution is 2.42. The van der Waals surface area contributed by atoms with E-state index >= 15 is 0 Å². The highest BCUT2D eigenvalue weighted by atomic mass is 79.9. The second kappa shape index (κ2) is 38.6. The topological polar surface area (TPSA) is 185 Å². The number of halogens is 1. The van der Waals surface area contributed by atoms with Crippen molar-refractivity contribution in [3.8, 4) is 180 Å². The van der Waals surface area contributed by atoms with Crippen molar-refractivity contribution in [2.45, 2.75) is 6.42 Å². The first-order valence-corrected chi connectivity index (χ1v) is 43.7. The van der Waals surface area contributed by atoms with E-state index in [-0.39, 0.29) is 12.2 Å². The van der Waals surface area contributed by atoms with Gasteiger partial charge in [-0.3, -0.25) is 4.79 Å². The summed E-state index contributed by atoms with van der Waals surface area (Å²) in [6.45, 7) is 0. The third kappa shape index (κ3) is 18.8. The Bertz CT molecular complexity index is 7380. The minimum atomic E-state index is 0.0843. The Morgan fingerprint density at radius 3 is 0.785 bits per heavy atom. The highest BCUT2D eigenvalue weighted by Gasteiger charge is 2.22. The summed E-state index contributed by atoms with van der Waals surface area (Å²) in [7, 11) is 0. The lowest BCUT2D eigenvalue weighted by molar-refractivity contribution is 0.0994. The molecule has 0 fully saturated rings. The molecule has 0 amide bonds. The Hall–Kier alpha value is -17.0. The zero-order valence-electron chi connectivity index (χ0n) is 70.6. The molecule has 3 heterocycles. The fourth-order valence-electron chi connectivity index (χ4n) is 16.1. The Labute approximate surface area is 763 Å². The van der Waals surface area contributed by atoms with E-state index in [2.05, 4.69) is 222 Å². The van der Waals surface area contributed by atoms with E-state index in [1.54, 1.807) is 0 Å². The molecule has 21 aromatic rings. The number of hydrogen-bond donors (Lipinski definition) is 2. The summed E-state index contributed by atoms with van der Waals surface area (Å²) in [6.07, 6.45) is 0.258. The largest absolute Gasteiger partial charge is 0.398 e. The third-order valence-electron chi connectivity index (χ3n) is 22.7. The zero-order valence-corrected chi connectivity index (χ0v) is 72.1. The lowest BCUT2D eigenvalue weighted by atomic mass is 9.87. The summed E-state index contributed by atoms with van der Waals surface area (Å²) < 4.78 is 0.893. The number of fused-ring (bicyclic) bond motifs is 1. The van der Waals surface area contributed by atoms with Gasteiger partial charge in [-0.25, -0.2) is 44.9 Å². The molecule has 0 radical (unpaired) electrons. The lowest BCUT2D eigenvalue weighted by Crippen LogP contribution is -2.06. The van der Waals surface area contributed by atoms with Crippen molar-refractivity contribution >= 4 is 43.9 Å². The van der Waals surface area contributed by atoms with Crippen molar-refractivity contribution in [1.29, 1.82) is 0 Å². The SMILES string of the molecule is Nc1cc(-c2ccc(-c3nc(-c4ccccc4)nc(-c4ccccc4)n3)cc2)ccc1-c1ccccc1-c1ccccc1.Nc1cc(-c2ccc(-c3nc(-c4ccccc4)nc(-c4ccccc4)n3)cc2)ccc1Br.O=C(Cc1cc(-c2ccc(-c3nc(-c4ccccc4)nc(-c4ccccc4)n3)cc2)ccc1-c1ccccc1-c1ccccc1)c1cccc2ccccc12. The molecule has 18 aromatic carbocycles. The minimum absolute atomic E-state index is 0.0843. The van der Waals surface area contributed by atoms with Crippen molar-refractivity contribution in [1.82, 2.24) is 44.9 Å². The molecule has 0 aliphatic rings. The summed E-state index contributed by atoms with van der Waals surface area (Å²) in [5.41, 5.74) is 39.5. The number of hydrogen-bond acceptors (Lipinski definition) is 12. The number of anilines is 2. The highest BCUT2D eigenvalue weighted by molar-refractivity contribution is 9.10.